The molecule has 0 aliphatic heterocycles. The van der Waals surface area contributed by atoms with Crippen LogP contribution < -0.4 is 5.73 Å². The van der Waals surface area contributed by atoms with E-state index in [0.29, 0.717) is 5.82 Å². The minimum Gasteiger partial charge on any atom is -0.383 e. The molecular weight excluding hydrogens is 226 g/mol. The van der Waals surface area contributed by atoms with Crippen LogP contribution in [0.5, 0.6) is 0 Å². The van der Waals surface area contributed by atoms with E-state index in [1.54, 1.807) is 6.20 Å². The molecule has 3 heterocycles. The molecule has 0 radical (unpaired) electrons. The van der Waals surface area contributed by atoms with Gasteiger partial charge in [-0.3, -0.25) is 9.08 Å². The van der Waals surface area contributed by atoms with Gasteiger partial charge in [0.25, 0.3) is 0 Å². The predicted octanol–water partition coefficient (Wildman–Crippen LogP) is 2.19. The number of hydrogen-bond donors (Lipinski definition) is 1. The summed E-state index contributed by atoms with van der Waals surface area (Å²) in [5.41, 5.74) is 8.78. The van der Waals surface area contributed by atoms with E-state index in [-0.39, 0.29) is 0 Å². The Hall–Kier alpha value is -2.30. The van der Waals surface area contributed by atoms with E-state index in [1.807, 2.05) is 39.5 Å². The monoisotopic (exact) mass is 241 g/mol. The summed E-state index contributed by atoms with van der Waals surface area (Å²) in [5, 5.41) is 4.31. The van der Waals surface area contributed by atoms with E-state index >= 15 is 0 Å². The third kappa shape index (κ3) is 1.55. The van der Waals surface area contributed by atoms with E-state index in [4.69, 9.17) is 5.73 Å². The maximum Gasteiger partial charge on any atom is 0.139 e. The number of nitrogen functional groups attached to an aromatic ring is 1. The highest BCUT2D eigenvalue weighted by molar-refractivity contribution is 5.72. The van der Waals surface area contributed by atoms with Crippen LogP contribution in [0.2, 0.25) is 0 Å². The van der Waals surface area contributed by atoms with Crippen molar-refractivity contribution in [3.8, 4) is 11.4 Å². The second-order valence-corrected chi connectivity index (χ2v) is 4.21. The molecule has 0 unspecified atom stereocenters. The normalized spacial score (nSPS) is 11.2. The van der Waals surface area contributed by atoms with Gasteiger partial charge in [-0.25, -0.2) is 4.98 Å². The highest BCUT2D eigenvalue weighted by Crippen LogP contribution is 2.26. The van der Waals surface area contributed by atoms with Gasteiger partial charge >= 0.3 is 0 Å². The number of hydrogen-bond acceptors (Lipinski definition) is 3. The van der Waals surface area contributed by atoms with Crippen molar-refractivity contribution in [3.05, 3.63) is 36.7 Å². The molecule has 0 saturated carbocycles. The molecule has 5 nitrogen and oxygen atoms in total. The maximum atomic E-state index is 6.15. The zero-order chi connectivity index (χ0) is 12.5. The van der Waals surface area contributed by atoms with Crippen molar-refractivity contribution in [2.24, 2.45) is 0 Å². The highest BCUT2D eigenvalue weighted by atomic mass is 15.3. The molecule has 0 spiro atoms. The Morgan fingerprint density at radius 3 is 2.94 bits per heavy atom. The fourth-order valence-corrected chi connectivity index (χ4v) is 2.13. The Kier molecular flexibility index (Phi) is 2.51. The molecule has 92 valence electrons. The van der Waals surface area contributed by atoms with Gasteiger partial charge in [-0.1, -0.05) is 13.0 Å². The van der Waals surface area contributed by atoms with Crippen LogP contribution in [0, 0.1) is 0 Å². The molecule has 2 N–H and O–H groups in total. The fourth-order valence-electron chi connectivity index (χ4n) is 2.13. The lowest BCUT2D eigenvalue weighted by molar-refractivity contribution is 0.608. The van der Waals surface area contributed by atoms with Crippen molar-refractivity contribution in [1.82, 2.24) is 19.2 Å². The van der Waals surface area contributed by atoms with Crippen molar-refractivity contribution < 1.29 is 0 Å². The fraction of sp³-hybridized carbons (Fsp3) is 0.231. The SMILES string of the molecule is CCCn1nccc1-c1nc2ccccn2c1N. The lowest BCUT2D eigenvalue weighted by Gasteiger charge is -2.04. The van der Waals surface area contributed by atoms with Gasteiger partial charge in [0, 0.05) is 18.9 Å². The van der Waals surface area contributed by atoms with Crippen molar-refractivity contribution in [3.63, 3.8) is 0 Å². The molecule has 0 aromatic carbocycles. The van der Waals surface area contributed by atoms with Crippen LogP contribution >= 0.6 is 0 Å². The first-order valence-electron chi connectivity index (χ1n) is 6.06. The first-order chi connectivity index (χ1) is 8.81. The number of aryl methyl sites for hydroxylation is 1. The van der Waals surface area contributed by atoms with Gasteiger partial charge < -0.3 is 5.73 Å². The molecule has 0 aliphatic rings. The summed E-state index contributed by atoms with van der Waals surface area (Å²) in [5.74, 6) is 0.656. The molecule has 3 aromatic heterocycles. The summed E-state index contributed by atoms with van der Waals surface area (Å²) >= 11 is 0. The van der Waals surface area contributed by atoms with E-state index in [0.717, 1.165) is 30.0 Å². The Labute approximate surface area is 105 Å². The average molecular weight is 241 g/mol. The number of imidazole rings is 1. The largest absolute Gasteiger partial charge is 0.383 e. The number of nitrogens with zero attached hydrogens (tertiary/aromatic N) is 4. The minimum atomic E-state index is 0.656. The summed E-state index contributed by atoms with van der Waals surface area (Å²) in [4.78, 5) is 4.57. The van der Waals surface area contributed by atoms with Crippen molar-refractivity contribution >= 4 is 11.5 Å². The molecule has 5 heteroatoms. The summed E-state index contributed by atoms with van der Waals surface area (Å²) in [7, 11) is 0. The smallest absolute Gasteiger partial charge is 0.139 e. The lowest BCUT2D eigenvalue weighted by atomic mass is 10.3. The number of aromatic nitrogens is 4. The first kappa shape index (κ1) is 10.8. The van der Waals surface area contributed by atoms with E-state index in [1.165, 1.54) is 0 Å². The number of nitrogens with two attached hydrogens (primary N) is 1. The van der Waals surface area contributed by atoms with Crippen LogP contribution in [-0.2, 0) is 6.54 Å². The zero-order valence-corrected chi connectivity index (χ0v) is 10.2. The predicted molar refractivity (Wildman–Crippen MR) is 71.1 cm³/mol. The van der Waals surface area contributed by atoms with Gasteiger partial charge in [0.2, 0.25) is 0 Å². The van der Waals surface area contributed by atoms with Crippen LogP contribution in [0.15, 0.2) is 36.7 Å². The van der Waals surface area contributed by atoms with Gasteiger partial charge in [0.1, 0.15) is 17.2 Å². The van der Waals surface area contributed by atoms with Crippen molar-refractivity contribution in [1.29, 1.82) is 0 Å². The molecule has 0 fully saturated rings. The number of pyridine rings is 1. The summed E-state index contributed by atoms with van der Waals surface area (Å²) in [6.45, 7) is 2.99. The summed E-state index contributed by atoms with van der Waals surface area (Å²) in [6, 6.07) is 7.79. The Balaban J connectivity index is 2.19. The van der Waals surface area contributed by atoms with Crippen LogP contribution in [0.3, 0.4) is 0 Å². The van der Waals surface area contributed by atoms with Crippen molar-refractivity contribution in [2.75, 3.05) is 5.73 Å². The van der Waals surface area contributed by atoms with E-state index < -0.39 is 0 Å². The summed E-state index contributed by atoms with van der Waals surface area (Å²) in [6.07, 6.45) is 4.73. The second kappa shape index (κ2) is 4.18. The van der Waals surface area contributed by atoms with Gasteiger partial charge in [-0.2, -0.15) is 5.10 Å². The third-order valence-corrected chi connectivity index (χ3v) is 2.96. The molecule has 0 bridgehead atoms. The van der Waals surface area contributed by atoms with Crippen LogP contribution in [0.1, 0.15) is 13.3 Å². The average Bonchev–Trinajstić information content (AvgIpc) is 2.96. The first-order valence-corrected chi connectivity index (χ1v) is 6.06. The molecule has 0 amide bonds. The molecule has 0 saturated heterocycles. The van der Waals surface area contributed by atoms with E-state index in [2.05, 4.69) is 17.0 Å². The van der Waals surface area contributed by atoms with Crippen LogP contribution in [-0.4, -0.2) is 19.2 Å². The zero-order valence-electron chi connectivity index (χ0n) is 10.2. The third-order valence-electron chi connectivity index (χ3n) is 2.96. The summed E-state index contributed by atoms with van der Waals surface area (Å²) < 4.78 is 3.83. The van der Waals surface area contributed by atoms with Gasteiger partial charge in [-0.15, -0.1) is 0 Å². The topological polar surface area (TPSA) is 61.1 Å². The number of anilines is 1. The maximum absolute atomic E-state index is 6.15. The van der Waals surface area contributed by atoms with Crippen LogP contribution in [0.25, 0.3) is 17.0 Å². The minimum absolute atomic E-state index is 0.656. The second-order valence-electron chi connectivity index (χ2n) is 4.21. The lowest BCUT2D eigenvalue weighted by Crippen LogP contribution is -2.02. The van der Waals surface area contributed by atoms with Crippen LogP contribution in [0.4, 0.5) is 5.82 Å². The molecular formula is C13H15N5. The van der Waals surface area contributed by atoms with Gasteiger partial charge in [-0.05, 0) is 24.6 Å². The molecule has 3 rings (SSSR count). The molecule has 0 atom stereocenters. The number of fused-ring (bicyclic) bond motifs is 1. The van der Waals surface area contributed by atoms with Gasteiger partial charge in [0.05, 0.1) is 5.69 Å². The molecule has 0 aliphatic carbocycles. The van der Waals surface area contributed by atoms with E-state index in [9.17, 15) is 0 Å². The van der Waals surface area contributed by atoms with Crippen molar-refractivity contribution in [2.45, 2.75) is 19.9 Å². The Morgan fingerprint density at radius 1 is 1.28 bits per heavy atom. The quantitative estimate of drug-likeness (QED) is 0.764. The Morgan fingerprint density at radius 2 is 2.17 bits per heavy atom. The van der Waals surface area contributed by atoms with Gasteiger partial charge in [0.15, 0.2) is 0 Å². The number of rotatable bonds is 3. The standard InChI is InChI=1S/C13H15N5/c1-2-8-18-10(6-7-15-18)12-13(14)17-9-4-3-5-11(17)16-12/h3-7,9H,2,8,14H2,1H3. The Bertz CT molecular complexity index is 680. The molecule has 18 heavy (non-hydrogen) atoms. The molecule has 3 aromatic rings. The highest BCUT2D eigenvalue weighted by Gasteiger charge is 2.14.